The van der Waals surface area contributed by atoms with Crippen LogP contribution < -0.4 is 0 Å². The number of hydrogen-bond donors (Lipinski definition) is 1. The van der Waals surface area contributed by atoms with Crippen LogP contribution in [0.2, 0.25) is 0 Å². The number of aliphatic hydroxyl groups is 1. The van der Waals surface area contributed by atoms with Gasteiger partial charge < -0.3 is 9.84 Å². The number of carbonyl (C=O) groups excluding carboxylic acids is 1. The molecule has 1 rings (SSSR count). The van der Waals surface area contributed by atoms with E-state index in [-0.39, 0.29) is 12.4 Å². The largest absolute Gasteiger partial charge is 0.466 e. The normalized spacial score (nSPS) is 12.6. The molecule has 1 atom stereocenters. The first-order chi connectivity index (χ1) is 7.72. The lowest BCUT2D eigenvalue weighted by Crippen LogP contribution is -2.13. The van der Waals surface area contributed by atoms with Gasteiger partial charge in [0.05, 0.1) is 19.1 Å². The Morgan fingerprint density at radius 2 is 2.12 bits per heavy atom. The van der Waals surface area contributed by atoms with Crippen LogP contribution in [0.3, 0.4) is 0 Å². The Hall–Kier alpha value is -1.61. The number of esters is 1. The third-order valence-corrected chi connectivity index (χ3v) is 1.99. The molecule has 0 aliphatic carbocycles. The van der Waals surface area contributed by atoms with Crippen molar-refractivity contribution in [1.82, 2.24) is 0 Å². The lowest BCUT2D eigenvalue weighted by atomic mass is 10.1. The quantitative estimate of drug-likeness (QED) is 0.772. The summed E-state index contributed by atoms with van der Waals surface area (Å²) in [7, 11) is 0. The van der Waals surface area contributed by atoms with Crippen molar-refractivity contribution in [2.45, 2.75) is 19.4 Å². The van der Waals surface area contributed by atoms with Gasteiger partial charge in [0.1, 0.15) is 0 Å². The Morgan fingerprint density at radius 3 is 2.75 bits per heavy atom. The van der Waals surface area contributed by atoms with E-state index >= 15 is 0 Å². The van der Waals surface area contributed by atoms with Crippen molar-refractivity contribution in [2.24, 2.45) is 0 Å². The molecule has 3 heteroatoms. The van der Waals surface area contributed by atoms with Gasteiger partial charge in [-0.3, -0.25) is 4.79 Å². The van der Waals surface area contributed by atoms with Gasteiger partial charge in [0.15, 0.2) is 0 Å². The first-order valence-corrected chi connectivity index (χ1v) is 5.29. The predicted molar refractivity (Wildman–Crippen MR) is 62.7 cm³/mol. The fourth-order valence-corrected chi connectivity index (χ4v) is 1.25. The molecule has 1 N–H and O–H groups in total. The zero-order valence-corrected chi connectivity index (χ0v) is 9.30. The molecule has 0 saturated heterocycles. The molecule has 1 aromatic rings. The minimum absolute atomic E-state index is 0.00280. The van der Waals surface area contributed by atoms with Gasteiger partial charge >= 0.3 is 5.97 Å². The van der Waals surface area contributed by atoms with E-state index in [1.54, 1.807) is 19.1 Å². The average molecular weight is 220 g/mol. The molecule has 0 aliphatic heterocycles. The van der Waals surface area contributed by atoms with Gasteiger partial charge in [-0.1, -0.05) is 42.5 Å². The van der Waals surface area contributed by atoms with Crippen molar-refractivity contribution in [2.75, 3.05) is 6.61 Å². The van der Waals surface area contributed by atoms with Crippen LogP contribution in [0, 0.1) is 0 Å². The first kappa shape index (κ1) is 12.5. The van der Waals surface area contributed by atoms with Gasteiger partial charge in [0, 0.05) is 0 Å². The second-order valence-electron chi connectivity index (χ2n) is 3.35. The van der Waals surface area contributed by atoms with Crippen molar-refractivity contribution in [1.29, 1.82) is 0 Å². The third kappa shape index (κ3) is 4.75. The Balaban J connectivity index is 2.42. The molecule has 0 bridgehead atoms. The van der Waals surface area contributed by atoms with Crippen molar-refractivity contribution < 1.29 is 14.6 Å². The van der Waals surface area contributed by atoms with Gasteiger partial charge in [-0.15, -0.1) is 0 Å². The maximum absolute atomic E-state index is 11.0. The number of ether oxygens (including phenoxy) is 1. The van der Waals surface area contributed by atoms with Gasteiger partial charge in [-0.2, -0.15) is 0 Å². The second kappa shape index (κ2) is 6.80. The number of carbonyl (C=O) groups is 1. The molecule has 16 heavy (non-hydrogen) atoms. The topological polar surface area (TPSA) is 46.5 Å². The third-order valence-electron chi connectivity index (χ3n) is 1.99. The molecule has 0 heterocycles. The van der Waals surface area contributed by atoms with E-state index in [1.165, 1.54) is 0 Å². The van der Waals surface area contributed by atoms with E-state index in [0.29, 0.717) is 6.61 Å². The van der Waals surface area contributed by atoms with E-state index in [0.717, 1.165) is 5.56 Å². The van der Waals surface area contributed by atoms with Crippen LogP contribution in [0.25, 0.3) is 6.08 Å². The van der Waals surface area contributed by atoms with Gasteiger partial charge in [0.25, 0.3) is 0 Å². The Kier molecular flexibility index (Phi) is 5.29. The van der Waals surface area contributed by atoms with Crippen LogP contribution >= 0.6 is 0 Å². The monoisotopic (exact) mass is 220 g/mol. The first-order valence-electron chi connectivity index (χ1n) is 5.29. The summed E-state index contributed by atoms with van der Waals surface area (Å²) in [5, 5.41) is 9.52. The summed E-state index contributed by atoms with van der Waals surface area (Å²) in [6, 6.07) is 9.60. The molecule has 0 amide bonds. The highest BCUT2D eigenvalue weighted by Crippen LogP contribution is 2.04. The molecule has 0 fully saturated rings. The number of aliphatic hydroxyl groups excluding tert-OH is 1. The minimum Gasteiger partial charge on any atom is -0.466 e. The summed E-state index contributed by atoms with van der Waals surface area (Å²) in [6.07, 6.45) is 2.58. The molecular formula is C13H16O3. The van der Waals surface area contributed by atoms with Gasteiger partial charge in [0.2, 0.25) is 0 Å². The second-order valence-corrected chi connectivity index (χ2v) is 3.35. The summed E-state index contributed by atoms with van der Waals surface area (Å²) < 4.78 is 4.73. The highest BCUT2D eigenvalue weighted by Gasteiger charge is 2.07. The van der Waals surface area contributed by atoms with E-state index in [1.807, 2.05) is 30.3 Å². The molecule has 1 aromatic carbocycles. The lowest BCUT2D eigenvalue weighted by molar-refractivity contribution is -0.144. The van der Waals surface area contributed by atoms with Gasteiger partial charge in [-0.25, -0.2) is 0 Å². The van der Waals surface area contributed by atoms with E-state index in [2.05, 4.69) is 0 Å². The molecule has 3 nitrogen and oxygen atoms in total. The lowest BCUT2D eigenvalue weighted by Gasteiger charge is -2.04. The van der Waals surface area contributed by atoms with Crippen LogP contribution in [0.1, 0.15) is 18.9 Å². The molecular weight excluding hydrogens is 204 g/mol. The summed E-state index contributed by atoms with van der Waals surface area (Å²) in [5.74, 6) is -0.382. The van der Waals surface area contributed by atoms with Gasteiger partial charge in [-0.05, 0) is 12.5 Å². The summed E-state index contributed by atoms with van der Waals surface area (Å²) in [6.45, 7) is 2.08. The van der Waals surface area contributed by atoms with Crippen molar-refractivity contribution in [3.63, 3.8) is 0 Å². The highest BCUT2D eigenvalue weighted by molar-refractivity contribution is 5.70. The predicted octanol–water partition coefficient (Wildman–Crippen LogP) is 2.01. The molecule has 0 unspecified atom stereocenters. The summed E-state index contributed by atoms with van der Waals surface area (Å²) in [5.41, 5.74) is 0.991. The Morgan fingerprint density at radius 1 is 1.44 bits per heavy atom. The van der Waals surface area contributed by atoms with Crippen LogP contribution in [0.4, 0.5) is 0 Å². The minimum atomic E-state index is -0.792. The molecule has 0 aromatic heterocycles. The Labute approximate surface area is 95.4 Å². The molecule has 0 aliphatic rings. The van der Waals surface area contributed by atoms with E-state index in [9.17, 15) is 9.90 Å². The number of benzene rings is 1. The fourth-order valence-electron chi connectivity index (χ4n) is 1.25. The van der Waals surface area contributed by atoms with Crippen molar-refractivity contribution >= 4 is 12.0 Å². The van der Waals surface area contributed by atoms with Crippen LogP contribution in [-0.2, 0) is 9.53 Å². The van der Waals surface area contributed by atoms with Crippen LogP contribution in [-0.4, -0.2) is 23.8 Å². The molecule has 0 spiro atoms. The summed E-state index contributed by atoms with van der Waals surface area (Å²) in [4.78, 5) is 11.0. The number of rotatable bonds is 5. The summed E-state index contributed by atoms with van der Waals surface area (Å²) >= 11 is 0. The van der Waals surface area contributed by atoms with Crippen LogP contribution in [0.15, 0.2) is 36.4 Å². The van der Waals surface area contributed by atoms with E-state index < -0.39 is 6.10 Å². The van der Waals surface area contributed by atoms with Crippen LogP contribution in [0.5, 0.6) is 0 Å². The smallest absolute Gasteiger partial charge is 0.308 e. The SMILES string of the molecule is CCOC(=O)C[C@@H](O)C=Cc1ccccc1. The maximum Gasteiger partial charge on any atom is 0.308 e. The molecule has 0 radical (unpaired) electrons. The fraction of sp³-hybridized carbons (Fsp3) is 0.308. The standard InChI is InChI=1S/C13H16O3/c1-2-16-13(15)10-12(14)9-8-11-6-4-3-5-7-11/h3-9,12,14H,2,10H2,1H3/t12-/m0/s1. The molecule has 0 saturated carbocycles. The highest BCUT2D eigenvalue weighted by atomic mass is 16.5. The maximum atomic E-state index is 11.0. The van der Waals surface area contributed by atoms with E-state index in [4.69, 9.17) is 4.74 Å². The zero-order chi connectivity index (χ0) is 11.8. The van der Waals surface area contributed by atoms with Crippen molar-refractivity contribution in [3.05, 3.63) is 42.0 Å². The van der Waals surface area contributed by atoms with Crippen molar-refractivity contribution in [3.8, 4) is 0 Å². The average Bonchev–Trinajstić information content (AvgIpc) is 2.28. The number of hydrogen-bond acceptors (Lipinski definition) is 3. The Bertz CT molecular complexity index is 343. The molecule has 86 valence electrons. The zero-order valence-electron chi connectivity index (χ0n) is 9.30.